The van der Waals surface area contributed by atoms with Crippen LogP contribution in [0.1, 0.15) is 5.69 Å². The lowest BCUT2D eigenvalue weighted by molar-refractivity contribution is -0.140. The molecule has 31 heavy (non-hydrogen) atoms. The van der Waals surface area contributed by atoms with Crippen LogP contribution >= 0.6 is 0 Å². The zero-order valence-corrected chi connectivity index (χ0v) is 17.3. The van der Waals surface area contributed by atoms with Crippen LogP contribution in [0, 0.1) is 0 Å². The third-order valence-corrected chi connectivity index (χ3v) is 6.97. The zero-order chi connectivity index (χ0) is 22.2. The molecule has 4 rings (SSSR count). The standard InChI is InChI=1S/C20H19F3N4O3S/c1-30-14-6-8-15(9-7-14)31(28,29)27-12-10-26(11-13-27)19-18(20(21,22)23)24-16-4-2-3-5-17(16)25-19/h2-9H,10-13H2,1H3. The summed E-state index contributed by atoms with van der Waals surface area (Å²) >= 11 is 0. The van der Waals surface area contributed by atoms with Gasteiger partial charge in [0.1, 0.15) is 5.75 Å². The van der Waals surface area contributed by atoms with Gasteiger partial charge in [0, 0.05) is 26.2 Å². The van der Waals surface area contributed by atoms with E-state index in [0.29, 0.717) is 11.3 Å². The van der Waals surface area contributed by atoms with Crippen molar-refractivity contribution in [2.45, 2.75) is 11.1 Å². The number of hydrogen-bond acceptors (Lipinski definition) is 6. The Morgan fingerprint density at radius 3 is 2.03 bits per heavy atom. The Kier molecular flexibility index (Phi) is 5.48. The first-order valence-electron chi connectivity index (χ1n) is 9.43. The van der Waals surface area contributed by atoms with Crippen molar-refractivity contribution >= 4 is 26.9 Å². The first-order chi connectivity index (χ1) is 14.7. The van der Waals surface area contributed by atoms with Crippen LogP contribution < -0.4 is 9.64 Å². The van der Waals surface area contributed by atoms with Crippen molar-refractivity contribution in [3.05, 3.63) is 54.2 Å². The Bertz CT molecular complexity index is 1190. The summed E-state index contributed by atoms with van der Waals surface area (Å²) in [6.07, 6.45) is -4.68. The Morgan fingerprint density at radius 1 is 0.903 bits per heavy atom. The van der Waals surface area contributed by atoms with Crippen molar-refractivity contribution in [3.63, 3.8) is 0 Å². The fourth-order valence-electron chi connectivity index (χ4n) is 3.44. The molecule has 0 bridgehead atoms. The molecule has 0 unspecified atom stereocenters. The second kappa shape index (κ2) is 7.97. The van der Waals surface area contributed by atoms with Gasteiger partial charge in [-0.05, 0) is 36.4 Å². The molecule has 1 aromatic heterocycles. The lowest BCUT2D eigenvalue weighted by atomic mass is 10.2. The van der Waals surface area contributed by atoms with Gasteiger partial charge in [-0.15, -0.1) is 0 Å². The first-order valence-corrected chi connectivity index (χ1v) is 10.9. The molecule has 0 radical (unpaired) electrons. The average molecular weight is 452 g/mol. The van der Waals surface area contributed by atoms with Crippen LogP contribution in [0.5, 0.6) is 5.75 Å². The minimum absolute atomic E-state index is 0.0279. The van der Waals surface area contributed by atoms with Crippen molar-refractivity contribution in [2.24, 2.45) is 0 Å². The molecule has 1 aliphatic heterocycles. The van der Waals surface area contributed by atoms with Crippen LogP contribution in [0.15, 0.2) is 53.4 Å². The molecule has 2 aromatic carbocycles. The molecule has 0 N–H and O–H groups in total. The number of alkyl halides is 3. The van der Waals surface area contributed by atoms with Gasteiger partial charge in [0.15, 0.2) is 11.5 Å². The summed E-state index contributed by atoms with van der Waals surface area (Å²) in [4.78, 5) is 9.50. The number of para-hydroxylation sites is 2. The molecule has 164 valence electrons. The normalized spacial score (nSPS) is 15.9. The second-order valence-corrected chi connectivity index (χ2v) is 8.89. The molecule has 0 saturated carbocycles. The minimum Gasteiger partial charge on any atom is -0.497 e. The van der Waals surface area contributed by atoms with E-state index in [9.17, 15) is 21.6 Å². The monoisotopic (exact) mass is 452 g/mol. The van der Waals surface area contributed by atoms with E-state index in [-0.39, 0.29) is 42.4 Å². The molecular formula is C20H19F3N4O3S. The number of methoxy groups -OCH3 is 1. The summed E-state index contributed by atoms with van der Waals surface area (Å²) in [6, 6.07) is 12.3. The van der Waals surface area contributed by atoms with Crippen molar-refractivity contribution in [1.29, 1.82) is 0 Å². The molecular weight excluding hydrogens is 433 g/mol. The minimum atomic E-state index is -4.68. The Balaban J connectivity index is 1.59. The Hall–Kier alpha value is -2.92. The highest BCUT2D eigenvalue weighted by molar-refractivity contribution is 7.89. The molecule has 0 atom stereocenters. The van der Waals surface area contributed by atoms with E-state index in [1.807, 2.05) is 0 Å². The fraction of sp³-hybridized carbons (Fsp3) is 0.300. The van der Waals surface area contributed by atoms with E-state index in [1.54, 1.807) is 30.3 Å². The van der Waals surface area contributed by atoms with Crippen molar-refractivity contribution in [3.8, 4) is 5.75 Å². The van der Waals surface area contributed by atoms with Crippen molar-refractivity contribution in [1.82, 2.24) is 14.3 Å². The Labute approximate surface area is 177 Å². The zero-order valence-electron chi connectivity index (χ0n) is 16.5. The molecule has 1 saturated heterocycles. The number of sulfonamides is 1. The summed E-state index contributed by atoms with van der Waals surface area (Å²) in [7, 11) is -2.29. The van der Waals surface area contributed by atoms with Crippen LogP contribution in [-0.4, -0.2) is 56.0 Å². The maximum Gasteiger partial charge on any atom is 0.437 e. The van der Waals surface area contributed by atoms with Gasteiger partial charge in [0.25, 0.3) is 0 Å². The van der Waals surface area contributed by atoms with Gasteiger partial charge in [0.2, 0.25) is 10.0 Å². The van der Waals surface area contributed by atoms with E-state index in [2.05, 4.69) is 9.97 Å². The second-order valence-electron chi connectivity index (χ2n) is 6.95. The van der Waals surface area contributed by atoms with Gasteiger partial charge >= 0.3 is 6.18 Å². The number of anilines is 1. The highest BCUT2D eigenvalue weighted by Gasteiger charge is 2.39. The SMILES string of the molecule is COc1ccc(S(=O)(=O)N2CCN(c3nc4ccccc4nc3C(F)(F)F)CC2)cc1. The number of fused-ring (bicyclic) bond motifs is 1. The van der Waals surface area contributed by atoms with Gasteiger partial charge < -0.3 is 9.64 Å². The van der Waals surface area contributed by atoms with Crippen LogP contribution in [-0.2, 0) is 16.2 Å². The van der Waals surface area contributed by atoms with E-state index in [1.165, 1.54) is 34.5 Å². The molecule has 2 heterocycles. The van der Waals surface area contributed by atoms with E-state index in [0.717, 1.165) is 0 Å². The number of ether oxygens (including phenoxy) is 1. The number of piperazine rings is 1. The molecule has 11 heteroatoms. The lowest BCUT2D eigenvalue weighted by Gasteiger charge is -2.35. The summed E-state index contributed by atoms with van der Waals surface area (Å²) < 4.78 is 73.0. The van der Waals surface area contributed by atoms with Crippen molar-refractivity contribution < 1.29 is 26.3 Å². The van der Waals surface area contributed by atoms with Gasteiger partial charge in [0.05, 0.1) is 23.0 Å². The number of rotatable bonds is 4. The van der Waals surface area contributed by atoms with E-state index < -0.39 is 21.9 Å². The molecule has 1 fully saturated rings. The van der Waals surface area contributed by atoms with Gasteiger partial charge in [-0.1, -0.05) is 12.1 Å². The summed E-state index contributed by atoms with van der Waals surface area (Å²) in [6.45, 7) is 0.178. The molecule has 0 aliphatic carbocycles. The predicted molar refractivity (Wildman–Crippen MR) is 109 cm³/mol. The maximum absolute atomic E-state index is 13.6. The van der Waals surface area contributed by atoms with Crippen molar-refractivity contribution in [2.75, 3.05) is 38.2 Å². The summed E-state index contributed by atoms with van der Waals surface area (Å²) in [5, 5.41) is 0. The number of benzene rings is 2. The largest absolute Gasteiger partial charge is 0.497 e. The molecule has 3 aromatic rings. The first kappa shape index (κ1) is 21.3. The van der Waals surface area contributed by atoms with Crippen LogP contribution in [0.25, 0.3) is 11.0 Å². The fourth-order valence-corrected chi connectivity index (χ4v) is 4.86. The van der Waals surface area contributed by atoms with E-state index in [4.69, 9.17) is 4.74 Å². The topological polar surface area (TPSA) is 75.6 Å². The lowest BCUT2D eigenvalue weighted by Crippen LogP contribution is -2.49. The van der Waals surface area contributed by atoms with E-state index >= 15 is 0 Å². The predicted octanol–water partition coefficient (Wildman–Crippen LogP) is 3.17. The highest BCUT2D eigenvalue weighted by Crippen LogP contribution is 2.36. The maximum atomic E-state index is 13.6. The summed E-state index contributed by atoms with van der Waals surface area (Å²) in [5.41, 5.74) is -0.573. The summed E-state index contributed by atoms with van der Waals surface area (Å²) in [5.74, 6) is 0.242. The molecule has 1 aliphatic rings. The third-order valence-electron chi connectivity index (χ3n) is 5.06. The third kappa shape index (κ3) is 4.15. The van der Waals surface area contributed by atoms with Gasteiger partial charge in [-0.3, -0.25) is 0 Å². The number of hydrogen-bond donors (Lipinski definition) is 0. The number of aromatic nitrogens is 2. The number of halogens is 3. The van der Waals surface area contributed by atoms with Crippen LogP contribution in [0.3, 0.4) is 0 Å². The molecule has 0 amide bonds. The van der Waals surface area contributed by atoms with Gasteiger partial charge in [-0.2, -0.15) is 17.5 Å². The highest BCUT2D eigenvalue weighted by atomic mass is 32.2. The quantitative estimate of drug-likeness (QED) is 0.605. The Morgan fingerprint density at radius 2 is 1.48 bits per heavy atom. The molecule has 0 spiro atoms. The number of nitrogens with zero attached hydrogens (tertiary/aromatic N) is 4. The smallest absolute Gasteiger partial charge is 0.437 e. The van der Waals surface area contributed by atoms with Crippen LogP contribution in [0.4, 0.5) is 19.0 Å². The van der Waals surface area contributed by atoms with Crippen LogP contribution in [0.2, 0.25) is 0 Å². The molecule has 7 nitrogen and oxygen atoms in total. The average Bonchev–Trinajstić information content (AvgIpc) is 2.77. The van der Waals surface area contributed by atoms with Gasteiger partial charge in [-0.25, -0.2) is 18.4 Å².